The number of pyridine rings is 1. The number of fused-ring (bicyclic) bond motifs is 1. The molecule has 4 rings (SSSR count). The fraction of sp³-hybridized carbons (Fsp3) is 0.300. The Morgan fingerprint density at radius 2 is 2.11 bits per heavy atom. The Kier molecular flexibility index (Phi) is 4.79. The molecule has 27 heavy (non-hydrogen) atoms. The van der Waals surface area contributed by atoms with Crippen LogP contribution >= 0.6 is 0 Å². The molecule has 0 aliphatic carbocycles. The van der Waals surface area contributed by atoms with Crippen LogP contribution in [0.1, 0.15) is 15.9 Å². The zero-order chi connectivity index (χ0) is 18.8. The van der Waals surface area contributed by atoms with Gasteiger partial charge in [0, 0.05) is 49.3 Å². The van der Waals surface area contributed by atoms with Crippen molar-refractivity contribution in [3.8, 4) is 17.1 Å². The molecule has 7 heteroatoms. The van der Waals surface area contributed by atoms with Gasteiger partial charge in [-0.1, -0.05) is 6.07 Å². The summed E-state index contributed by atoms with van der Waals surface area (Å²) in [7, 11) is 1.59. The zero-order valence-electron chi connectivity index (χ0n) is 15.2. The van der Waals surface area contributed by atoms with E-state index in [4.69, 9.17) is 4.74 Å². The Balaban J connectivity index is 1.64. The Morgan fingerprint density at radius 1 is 1.30 bits per heavy atom. The number of hydrogen-bond acceptors (Lipinski definition) is 5. The lowest BCUT2D eigenvalue weighted by Crippen LogP contribution is -2.35. The summed E-state index contributed by atoms with van der Waals surface area (Å²) in [6.45, 7) is 4.21. The van der Waals surface area contributed by atoms with E-state index in [1.54, 1.807) is 25.2 Å². The molecule has 0 bridgehead atoms. The van der Waals surface area contributed by atoms with Gasteiger partial charge in [-0.05, 0) is 29.8 Å². The molecular weight excluding hydrogens is 344 g/mol. The molecule has 1 saturated heterocycles. The third-order valence-electron chi connectivity index (χ3n) is 4.86. The first kappa shape index (κ1) is 17.5. The van der Waals surface area contributed by atoms with Crippen LogP contribution in [-0.4, -0.2) is 59.2 Å². The van der Waals surface area contributed by atoms with Crippen molar-refractivity contribution in [2.45, 2.75) is 6.54 Å². The summed E-state index contributed by atoms with van der Waals surface area (Å²) in [6, 6.07) is 9.21. The standard InChI is InChI=1S/C20H22N4O3/c1-21-19(25)14-3-5-16-15(10-14)18(20(26)23-16)17-4-2-13(11-22-17)12-24-6-8-27-9-7-24/h2-5,10-11,23,26H,6-9,12H2,1H3,(H,21,25). The van der Waals surface area contributed by atoms with Gasteiger partial charge in [-0.15, -0.1) is 0 Å². The average molecular weight is 366 g/mol. The largest absolute Gasteiger partial charge is 0.494 e. The molecule has 3 heterocycles. The van der Waals surface area contributed by atoms with Gasteiger partial charge in [0.25, 0.3) is 5.91 Å². The van der Waals surface area contributed by atoms with Crippen molar-refractivity contribution in [1.29, 1.82) is 0 Å². The van der Waals surface area contributed by atoms with Crippen LogP contribution in [0.5, 0.6) is 5.88 Å². The number of H-pyrrole nitrogens is 1. The van der Waals surface area contributed by atoms with E-state index in [1.165, 1.54) is 0 Å². The molecule has 140 valence electrons. The highest BCUT2D eigenvalue weighted by Gasteiger charge is 2.17. The summed E-state index contributed by atoms with van der Waals surface area (Å²) in [6.07, 6.45) is 1.84. The minimum atomic E-state index is -0.169. The Hall–Kier alpha value is -2.90. The third-order valence-corrected chi connectivity index (χ3v) is 4.86. The molecule has 0 saturated carbocycles. The number of hydrogen-bond donors (Lipinski definition) is 3. The molecule has 0 spiro atoms. The number of nitrogens with one attached hydrogen (secondary N) is 2. The quantitative estimate of drug-likeness (QED) is 0.658. The maximum atomic E-state index is 11.9. The number of nitrogens with zero attached hydrogens (tertiary/aromatic N) is 2. The van der Waals surface area contributed by atoms with Gasteiger partial charge in [0.1, 0.15) is 0 Å². The lowest BCUT2D eigenvalue weighted by molar-refractivity contribution is 0.0341. The minimum absolute atomic E-state index is 0.0486. The second kappa shape index (κ2) is 7.38. The van der Waals surface area contributed by atoms with Gasteiger partial charge in [-0.25, -0.2) is 0 Å². The maximum Gasteiger partial charge on any atom is 0.251 e. The maximum absolute atomic E-state index is 11.9. The van der Waals surface area contributed by atoms with Crippen LogP contribution in [0, 0.1) is 0 Å². The molecule has 0 atom stereocenters. The molecule has 3 N–H and O–H groups in total. The van der Waals surface area contributed by atoms with Gasteiger partial charge < -0.3 is 20.1 Å². The molecular formula is C20H22N4O3. The van der Waals surface area contributed by atoms with Crippen molar-refractivity contribution < 1.29 is 14.6 Å². The van der Waals surface area contributed by atoms with Gasteiger partial charge in [-0.2, -0.15) is 0 Å². The molecule has 1 aliphatic rings. The monoisotopic (exact) mass is 366 g/mol. The predicted octanol–water partition coefficient (Wildman–Crippen LogP) is 2.13. The number of aromatic hydroxyl groups is 1. The van der Waals surface area contributed by atoms with Gasteiger partial charge >= 0.3 is 0 Å². The second-order valence-corrected chi connectivity index (χ2v) is 6.63. The Morgan fingerprint density at radius 3 is 2.81 bits per heavy atom. The fourth-order valence-corrected chi connectivity index (χ4v) is 3.41. The van der Waals surface area contributed by atoms with Gasteiger partial charge in [0.15, 0.2) is 5.88 Å². The highest BCUT2D eigenvalue weighted by atomic mass is 16.5. The molecule has 1 aromatic carbocycles. The number of rotatable bonds is 4. The van der Waals surface area contributed by atoms with Crippen LogP contribution in [0.4, 0.5) is 0 Å². The average Bonchev–Trinajstić information content (AvgIpc) is 3.03. The SMILES string of the molecule is CNC(=O)c1ccc2[nH]c(O)c(-c3ccc(CN4CCOCC4)cn3)c2c1. The highest BCUT2D eigenvalue weighted by Crippen LogP contribution is 2.36. The number of morpholine rings is 1. The number of amides is 1. The summed E-state index contributed by atoms with van der Waals surface area (Å²) < 4.78 is 5.38. The van der Waals surface area contributed by atoms with Crippen molar-refractivity contribution in [2.75, 3.05) is 33.4 Å². The zero-order valence-corrected chi connectivity index (χ0v) is 15.2. The summed E-state index contributed by atoms with van der Waals surface area (Å²) in [4.78, 5) is 21.8. The van der Waals surface area contributed by atoms with Crippen LogP contribution in [0.15, 0.2) is 36.5 Å². The first-order chi connectivity index (χ1) is 13.2. The van der Waals surface area contributed by atoms with Crippen molar-refractivity contribution in [3.63, 3.8) is 0 Å². The summed E-state index contributed by atoms with van der Waals surface area (Å²) >= 11 is 0. The summed E-state index contributed by atoms with van der Waals surface area (Å²) in [5.74, 6) is -0.121. The second-order valence-electron chi connectivity index (χ2n) is 6.63. The Labute approximate surface area is 157 Å². The van der Waals surface area contributed by atoms with Crippen LogP contribution in [-0.2, 0) is 11.3 Å². The number of carbonyl (C=O) groups is 1. The van der Waals surface area contributed by atoms with Crippen LogP contribution in [0.3, 0.4) is 0 Å². The molecule has 0 unspecified atom stereocenters. The summed E-state index contributed by atoms with van der Waals surface area (Å²) in [5, 5.41) is 13.8. The van der Waals surface area contributed by atoms with Crippen LogP contribution in [0.2, 0.25) is 0 Å². The normalized spacial score (nSPS) is 15.1. The lowest BCUT2D eigenvalue weighted by Gasteiger charge is -2.26. The van der Waals surface area contributed by atoms with E-state index < -0.39 is 0 Å². The minimum Gasteiger partial charge on any atom is -0.494 e. The van der Waals surface area contributed by atoms with Crippen molar-refractivity contribution >= 4 is 16.8 Å². The van der Waals surface area contributed by atoms with Crippen molar-refractivity contribution in [1.82, 2.24) is 20.2 Å². The molecule has 1 amide bonds. The van der Waals surface area contributed by atoms with Gasteiger partial charge in [0.05, 0.1) is 24.5 Å². The molecule has 0 radical (unpaired) electrons. The Bertz CT molecular complexity index is 959. The molecule has 1 aliphatic heterocycles. The van der Waals surface area contributed by atoms with Crippen LogP contribution in [0.25, 0.3) is 22.2 Å². The lowest BCUT2D eigenvalue weighted by atomic mass is 10.1. The van der Waals surface area contributed by atoms with E-state index >= 15 is 0 Å². The van der Waals surface area contributed by atoms with E-state index in [1.807, 2.05) is 18.3 Å². The van der Waals surface area contributed by atoms with Crippen LogP contribution < -0.4 is 5.32 Å². The number of ether oxygens (including phenoxy) is 1. The number of benzene rings is 1. The molecule has 2 aromatic heterocycles. The number of aromatic amines is 1. The third kappa shape index (κ3) is 3.51. The summed E-state index contributed by atoms with van der Waals surface area (Å²) in [5.41, 5.74) is 3.68. The predicted molar refractivity (Wildman–Crippen MR) is 103 cm³/mol. The van der Waals surface area contributed by atoms with E-state index in [2.05, 4.69) is 20.2 Å². The fourth-order valence-electron chi connectivity index (χ4n) is 3.41. The number of aromatic nitrogens is 2. The highest BCUT2D eigenvalue weighted by molar-refractivity contribution is 6.03. The van der Waals surface area contributed by atoms with E-state index in [-0.39, 0.29) is 11.8 Å². The molecule has 7 nitrogen and oxygen atoms in total. The van der Waals surface area contributed by atoms with Crippen molar-refractivity contribution in [3.05, 3.63) is 47.7 Å². The first-order valence-corrected chi connectivity index (χ1v) is 8.98. The first-order valence-electron chi connectivity index (χ1n) is 8.98. The van der Waals surface area contributed by atoms with E-state index in [0.29, 0.717) is 16.8 Å². The van der Waals surface area contributed by atoms with Crippen molar-refractivity contribution in [2.24, 2.45) is 0 Å². The smallest absolute Gasteiger partial charge is 0.251 e. The van der Waals surface area contributed by atoms with Gasteiger partial charge in [0.2, 0.25) is 0 Å². The molecule has 1 fully saturated rings. The molecule has 3 aromatic rings. The van der Waals surface area contributed by atoms with Gasteiger partial charge in [-0.3, -0.25) is 14.7 Å². The van der Waals surface area contributed by atoms with E-state index in [9.17, 15) is 9.90 Å². The number of carbonyl (C=O) groups excluding carboxylic acids is 1. The topological polar surface area (TPSA) is 90.5 Å². The van der Waals surface area contributed by atoms with E-state index in [0.717, 1.165) is 49.3 Å².